The maximum atomic E-state index is 5.60. The summed E-state index contributed by atoms with van der Waals surface area (Å²) in [5, 5.41) is 1.21. The Morgan fingerprint density at radius 3 is 2.94 bits per heavy atom. The fourth-order valence-corrected chi connectivity index (χ4v) is 1.82. The highest BCUT2D eigenvalue weighted by Gasteiger charge is 2.01. The highest BCUT2D eigenvalue weighted by atomic mass is 16.5. The second-order valence-electron chi connectivity index (χ2n) is 3.87. The number of ether oxygens (including phenoxy) is 1. The molecule has 0 amide bonds. The maximum Gasteiger partial charge on any atom is 0.120 e. The number of aromatic nitrogens is 1. The van der Waals surface area contributed by atoms with Crippen LogP contribution in [-0.2, 0) is 6.54 Å². The molecule has 0 atom stereocenters. The van der Waals surface area contributed by atoms with Gasteiger partial charge in [0.2, 0.25) is 0 Å². The lowest BCUT2D eigenvalue weighted by atomic mass is 10.2. The second kappa shape index (κ2) is 5.03. The van der Waals surface area contributed by atoms with Crippen LogP contribution >= 0.6 is 0 Å². The monoisotopic (exact) mass is 218 g/mol. The quantitative estimate of drug-likeness (QED) is 0.837. The van der Waals surface area contributed by atoms with Crippen LogP contribution in [0.15, 0.2) is 30.5 Å². The molecule has 0 saturated heterocycles. The Morgan fingerprint density at radius 2 is 2.19 bits per heavy atom. The Bertz CT molecular complexity index is 462. The molecule has 0 aliphatic rings. The number of hydrogen-bond acceptors (Lipinski definition) is 2. The van der Waals surface area contributed by atoms with Gasteiger partial charge in [-0.1, -0.05) is 6.92 Å². The summed E-state index contributed by atoms with van der Waals surface area (Å²) < 4.78 is 7.76. The minimum absolute atomic E-state index is 0.665. The summed E-state index contributed by atoms with van der Waals surface area (Å²) in [5.41, 5.74) is 6.78. The molecule has 2 aromatic rings. The van der Waals surface area contributed by atoms with Gasteiger partial charge in [-0.3, -0.25) is 0 Å². The van der Waals surface area contributed by atoms with Crippen LogP contribution in [-0.4, -0.2) is 17.7 Å². The van der Waals surface area contributed by atoms with Crippen LogP contribution in [0.5, 0.6) is 5.75 Å². The van der Waals surface area contributed by atoms with Crippen molar-refractivity contribution >= 4 is 10.9 Å². The molecule has 0 bridgehead atoms. The first-order chi connectivity index (χ1) is 7.85. The summed E-state index contributed by atoms with van der Waals surface area (Å²) in [7, 11) is 0. The first kappa shape index (κ1) is 11.0. The Balaban J connectivity index is 2.26. The molecule has 0 aliphatic carbocycles. The van der Waals surface area contributed by atoms with Gasteiger partial charge in [0.05, 0.1) is 6.61 Å². The summed E-state index contributed by atoms with van der Waals surface area (Å²) in [6.07, 6.45) is 3.10. The molecular formula is C13H18N2O. The molecule has 3 nitrogen and oxygen atoms in total. The van der Waals surface area contributed by atoms with E-state index in [1.54, 1.807) is 0 Å². The molecule has 1 aromatic heterocycles. The number of benzene rings is 1. The lowest BCUT2D eigenvalue weighted by Crippen LogP contribution is -2.08. The van der Waals surface area contributed by atoms with E-state index >= 15 is 0 Å². The smallest absolute Gasteiger partial charge is 0.120 e. The number of fused-ring (bicyclic) bond motifs is 1. The van der Waals surface area contributed by atoms with Crippen LogP contribution in [0.3, 0.4) is 0 Å². The summed E-state index contributed by atoms with van der Waals surface area (Å²) >= 11 is 0. The fraction of sp³-hybridized carbons (Fsp3) is 0.385. The predicted molar refractivity (Wildman–Crippen MR) is 66.8 cm³/mol. The molecule has 1 aromatic carbocycles. The van der Waals surface area contributed by atoms with Crippen molar-refractivity contribution in [1.82, 2.24) is 4.57 Å². The average Bonchev–Trinajstić information content (AvgIpc) is 2.70. The molecule has 0 unspecified atom stereocenters. The number of nitrogens with zero attached hydrogens (tertiary/aromatic N) is 1. The van der Waals surface area contributed by atoms with E-state index in [2.05, 4.69) is 35.9 Å². The van der Waals surface area contributed by atoms with Gasteiger partial charge in [-0.15, -0.1) is 0 Å². The zero-order valence-corrected chi connectivity index (χ0v) is 9.65. The molecular weight excluding hydrogens is 200 g/mol. The third-order valence-electron chi connectivity index (χ3n) is 2.59. The van der Waals surface area contributed by atoms with Gasteiger partial charge in [-0.2, -0.15) is 0 Å². The van der Waals surface area contributed by atoms with Crippen molar-refractivity contribution in [3.05, 3.63) is 30.5 Å². The van der Waals surface area contributed by atoms with Gasteiger partial charge >= 0.3 is 0 Å². The molecule has 0 aliphatic heterocycles. The fourth-order valence-electron chi connectivity index (χ4n) is 1.82. The largest absolute Gasteiger partial charge is 0.494 e. The zero-order valence-electron chi connectivity index (χ0n) is 9.65. The molecule has 86 valence electrons. The number of hydrogen-bond donors (Lipinski definition) is 1. The van der Waals surface area contributed by atoms with Gasteiger partial charge in [-0.25, -0.2) is 0 Å². The van der Waals surface area contributed by atoms with E-state index in [9.17, 15) is 0 Å². The minimum atomic E-state index is 0.665. The predicted octanol–water partition coefficient (Wildman–Crippen LogP) is 2.39. The topological polar surface area (TPSA) is 40.2 Å². The third kappa shape index (κ3) is 2.19. The zero-order chi connectivity index (χ0) is 11.4. The molecule has 2 rings (SSSR count). The standard InChI is InChI=1S/C13H18N2O/c1-2-9-16-12-3-4-13-11(10-12)5-7-15(13)8-6-14/h3-5,7,10H,2,6,8-9,14H2,1H3. The van der Waals surface area contributed by atoms with Crippen molar-refractivity contribution in [2.45, 2.75) is 19.9 Å². The molecule has 16 heavy (non-hydrogen) atoms. The van der Waals surface area contributed by atoms with Crippen LogP contribution < -0.4 is 10.5 Å². The lowest BCUT2D eigenvalue weighted by molar-refractivity contribution is 0.318. The highest BCUT2D eigenvalue weighted by Crippen LogP contribution is 2.22. The van der Waals surface area contributed by atoms with Crippen molar-refractivity contribution in [2.24, 2.45) is 5.73 Å². The van der Waals surface area contributed by atoms with E-state index in [-0.39, 0.29) is 0 Å². The van der Waals surface area contributed by atoms with E-state index in [0.717, 1.165) is 25.3 Å². The van der Waals surface area contributed by atoms with Gasteiger partial charge in [0.25, 0.3) is 0 Å². The van der Waals surface area contributed by atoms with Crippen LogP contribution in [0.2, 0.25) is 0 Å². The molecule has 2 N–H and O–H groups in total. The average molecular weight is 218 g/mol. The number of nitrogens with two attached hydrogens (primary N) is 1. The van der Waals surface area contributed by atoms with Crippen molar-refractivity contribution in [2.75, 3.05) is 13.2 Å². The molecule has 0 fully saturated rings. The van der Waals surface area contributed by atoms with Crippen LogP contribution in [0, 0.1) is 0 Å². The molecule has 0 saturated carbocycles. The molecule has 3 heteroatoms. The van der Waals surface area contributed by atoms with E-state index in [1.807, 2.05) is 6.07 Å². The third-order valence-corrected chi connectivity index (χ3v) is 2.59. The normalized spacial score (nSPS) is 10.9. The van der Waals surface area contributed by atoms with E-state index in [0.29, 0.717) is 6.54 Å². The van der Waals surface area contributed by atoms with Crippen molar-refractivity contribution in [3.63, 3.8) is 0 Å². The Hall–Kier alpha value is -1.48. The summed E-state index contributed by atoms with van der Waals surface area (Å²) in [4.78, 5) is 0. The van der Waals surface area contributed by atoms with Crippen LogP contribution in [0.1, 0.15) is 13.3 Å². The molecule has 1 heterocycles. The lowest BCUT2D eigenvalue weighted by Gasteiger charge is -2.06. The first-order valence-corrected chi connectivity index (χ1v) is 5.77. The van der Waals surface area contributed by atoms with Crippen molar-refractivity contribution in [1.29, 1.82) is 0 Å². The van der Waals surface area contributed by atoms with Crippen LogP contribution in [0.25, 0.3) is 10.9 Å². The van der Waals surface area contributed by atoms with Gasteiger partial charge in [-0.05, 0) is 30.7 Å². The SMILES string of the molecule is CCCOc1ccc2c(ccn2CCN)c1. The first-order valence-electron chi connectivity index (χ1n) is 5.77. The van der Waals surface area contributed by atoms with Crippen molar-refractivity contribution in [3.8, 4) is 5.75 Å². The van der Waals surface area contributed by atoms with Gasteiger partial charge < -0.3 is 15.0 Å². The van der Waals surface area contributed by atoms with E-state index < -0.39 is 0 Å². The molecule has 0 radical (unpaired) electrons. The van der Waals surface area contributed by atoms with Gasteiger partial charge in [0, 0.05) is 30.2 Å². The maximum absolute atomic E-state index is 5.60. The number of rotatable bonds is 5. The summed E-state index contributed by atoms with van der Waals surface area (Å²) in [5.74, 6) is 0.944. The van der Waals surface area contributed by atoms with Crippen molar-refractivity contribution < 1.29 is 4.74 Å². The summed E-state index contributed by atoms with van der Waals surface area (Å²) in [6.45, 7) is 4.40. The second-order valence-corrected chi connectivity index (χ2v) is 3.87. The molecule has 0 spiro atoms. The minimum Gasteiger partial charge on any atom is -0.494 e. The Morgan fingerprint density at radius 1 is 1.31 bits per heavy atom. The van der Waals surface area contributed by atoms with E-state index in [4.69, 9.17) is 10.5 Å². The van der Waals surface area contributed by atoms with Crippen LogP contribution in [0.4, 0.5) is 0 Å². The van der Waals surface area contributed by atoms with E-state index in [1.165, 1.54) is 10.9 Å². The van der Waals surface area contributed by atoms with Gasteiger partial charge in [0.15, 0.2) is 0 Å². The Labute approximate surface area is 95.8 Å². The van der Waals surface area contributed by atoms with Gasteiger partial charge in [0.1, 0.15) is 5.75 Å². The highest BCUT2D eigenvalue weighted by molar-refractivity contribution is 5.81. The summed E-state index contributed by atoms with van der Waals surface area (Å²) in [6, 6.07) is 8.29. The Kier molecular flexibility index (Phi) is 3.47.